The third-order valence-electron chi connectivity index (χ3n) is 6.46. The normalized spacial score (nSPS) is 15.3. The number of hydrogen-bond acceptors (Lipinski definition) is 7. The molecule has 1 fully saturated rings. The van der Waals surface area contributed by atoms with Crippen molar-refractivity contribution in [1.82, 2.24) is 9.55 Å². The van der Waals surface area contributed by atoms with Gasteiger partial charge >= 0.3 is 0 Å². The fraction of sp³-hybridized carbons (Fsp3) is 0.0690. The number of thioether (sulfide) groups is 1. The number of para-hydroxylation sites is 1. The predicted molar refractivity (Wildman–Crippen MR) is 150 cm³/mol. The van der Waals surface area contributed by atoms with E-state index in [-0.39, 0.29) is 27.8 Å². The highest BCUT2D eigenvalue weighted by Gasteiger charge is 2.34. The van der Waals surface area contributed by atoms with Crippen LogP contribution in [0.3, 0.4) is 0 Å². The summed E-state index contributed by atoms with van der Waals surface area (Å²) < 4.78 is 1.60. The van der Waals surface area contributed by atoms with Gasteiger partial charge in [-0.15, -0.1) is 11.8 Å². The van der Waals surface area contributed by atoms with Crippen LogP contribution in [0.2, 0.25) is 0 Å². The summed E-state index contributed by atoms with van der Waals surface area (Å²) in [6.07, 6.45) is 0. The van der Waals surface area contributed by atoms with Crippen molar-refractivity contribution < 1.29 is 10.0 Å². The minimum atomic E-state index is -0.286. The summed E-state index contributed by atoms with van der Waals surface area (Å²) in [5.41, 5.74) is 3.53. The number of rotatable bonds is 5. The molecule has 1 aliphatic heterocycles. The molecule has 5 aromatic rings. The van der Waals surface area contributed by atoms with Crippen LogP contribution in [0.4, 0.5) is 11.4 Å². The van der Waals surface area contributed by atoms with Crippen LogP contribution in [-0.4, -0.2) is 26.4 Å². The first-order valence-corrected chi connectivity index (χ1v) is 12.9. The number of fused-ring (bicyclic) bond motifs is 1. The Bertz CT molecular complexity index is 1690. The molecular weight excluding hydrogens is 500 g/mol. The van der Waals surface area contributed by atoms with E-state index in [4.69, 9.17) is 10.2 Å². The van der Waals surface area contributed by atoms with E-state index < -0.39 is 0 Å². The van der Waals surface area contributed by atoms with Gasteiger partial charge in [0, 0.05) is 11.3 Å². The van der Waals surface area contributed by atoms with Gasteiger partial charge in [0.1, 0.15) is 11.2 Å². The van der Waals surface area contributed by atoms with E-state index in [1.54, 1.807) is 27.7 Å². The Labute approximate surface area is 221 Å². The highest BCUT2D eigenvalue weighted by atomic mass is 32.2. The summed E-state index contributed by atoms with van der Waals surface area (Å²) in [6.45, 7) is 0. The highest BCUT2D eigenvalue weighted by molar-refractivity contribution is 8.00. The second-order valence-corrected chi connectivity index (χ2v) is 9.84. The molecule has 1 aliphatic rings. The molecule has 0 spiro atoms. The van der Waals surface area contributed by atoms with Gasteiger partial charge < -0.3 is 10.4 Å². The molecule has 188 valence electrons. The van der Waals surface area contributed by atoms with Crippen molar-refractivity contribution in [2.75, 3.05) is 15.9 Å². The number of carbonyl (C=O) groups excluding carboxylic acids is 1. The van der Waals surface area contributed by atoms with E-state index in [1.807, 2.05) is 72.8 Å². The monoisotopic (exact) mass is 521 g/mol. The van der Waals surface area contributed by atoms with E-state index in [2.05, 4.69) is 0 Å². The van der Waals surface area contributed by atoms with E-state index in [1.165, 1.54) is 23.9 Å². The number of benzene rings is 4. The molecule has 1 unspecified atom stereocenters. The number of carbonyl (C=O) groups is 1. The number of anilines is 2. The average molecular weight is 522 g/mol. The maximum Gasteiger partial charge on any atom is 0.266 e. The zero-order valence-electron chi connectivity index (χ0n) is 20.0. The minimum Gasteiger partial charge on any atom is -0.733 e. The zero-order chi connectivity index (χ0) is 26.2. The second-order valence-electron chi connectivity index (χ2n) is 8.77. The van der Waals surface area contributed by atoms with Gasteiger partial charge in [0.2, 0.25) is 5.91 Å². The molecule has 0 bridgehead atoms. The smallest absolute Gasteiger partial charge is 0.266 e. The number of amides is 1. The van der Waals surface area contributed by atoms with Crippen molar-refractivity contribution in [3.63, 3.8) is 0 Å². The largest absolute Gasteiger partial charge is 0.733 e. The molecular formula is C29H21N4O4S-. The lowest BCUT2D eigenvalue weighted by atomic mass is 10.1. The van der Waals surface area contributed by atoms with Crippen LogP contribution in [-0.2, 0) is 4.79 Å². The van der Waals surface area contributed by atoms with Gasteiger partial charge in [-0.1, -0.05) is 54.6 Å². The molecule has 2 heterocycles. The van der Waals surface area contributed by atoms with E-state index in [0.29, 0.717) is 33.9 Å². The Kier molecular flexibility index (Phi) is 6.16. The Morgan fingerprint density at radius 1 is 0.842 bits per heavy atom. The van der Waals surface area contributed by atoms with Crippen LogP contribution in [0, 0.1) is 5.21 Å². The first kappa shape index (κ1) is 23.9. The maximum atomic E-state index is 13.6. The molecule has 1 amide bonds. The lowest BCUT2D eigenvalue weighted by Gasteiger charge is -2.26. The van der Waals surface area contributed by atoms with E-state index in [0.717, 1.165) is 11.1 Å². The molecule has 8 nitrogen and oxygen atoms in total. The molecule has 0 radical (unpaired) electrons. The lowest BCUT2D eigenvalue weighted by Crippen LogP contribution is -2.28. The Hall–Kier alpha value is -4.44. The average Bonchev–Trinajstić information content (AvgIpc) is 3.35. The molecule has 6 rings (SSSR count). The van der Waals surface area contributed by atoms with Gasteiger partial charge in [-0.2, -0.15) is 0 Å². The van der Waals surface area contributed by atoms with E-state index in [9.17, 15) is 14.8 Å². The van der Waals surface area contributed by atoms with Gasteiger partial charge in [0.15, 0.2) is 0 Å². The van der Waals surface area contributed by atoms with Gasteiger partial charge in [0.05, 0.1) is 28.0 Å². The molecule has 0 aliphatic carbocycles. The second kappa shape index (κ2) is 9.79. The van der Waals surface area contributed by atoms with Crippen molar-refractivity contribution in [3.8, 4) is 17.1 Å². The van der Waals surface area contributed by atoms with Crippen molar-refractivity contribution >= 4 is 39.9 Å². The highest BCUT2D eigenvalue weighted by Crippen LogP contribution is 2.42. The summed E-state index contributed by atoms with van der Waals surface area (Å²) in [5, 5.41) is 20.3. The number of nitrogens with zero attached hydrogens (tertiary/aromatic N) is 4. The first-order valence-electron chi connectivity index (χ1n) is 11.9. The number of hydrogen-bond donors (Lipinski definition) is 1. The fourth-order valence-electron chi connectivity index (χ4n) is 4.63. The molecule has 1 aromatic heterocycles. The molecule has 1 N–H and O–H groups in total. The van der Waals surface area contributed by atoms with Crippen LogP contribution in [0.1, 0.15) is 10.9 Å². The zero-order valence-corrected chi connectivity index (χ0v) is 20.8. The SMILES string of the molecule is O=C1CSC(c2ccc(N([O-])O)cc2)N1c1ccc(-n2c(-c3ccccc3)nc3ccccc3c2=O)cc1. The van der Waals surface area contributed by atoms with Crippen molar-refractivity contribution in [1.29, 1.82) is 0 Å². The molecule has 4 aromatic carbocycles. The van der Waals surface area contributed by atoms with Crippen LogP contribution in [0.15, 0.2) is 108 Å². The maximum absolute atomic E-state index is 13.6. The van der Waals surface area contributed by atoms with Crippen molar-refractivity contribution in [3.05, 3.63) is 124 Å². The van der Waals surface area contributed by atoms with E-state index >= 15 is 0 Å². The van der Waals surface area contributed by atoms with Crippen LogP contribution in [0.25, 0.3) is 28.0 Å². The summed E-state index contributed by atoms with van der Waals surface area (Å²) in [4.78, 5) is 33.0. The third-order valence-corrected chi connectivity index (χ3v) is 7.67. The first-order chi connectivity index (χ1) is 18.5. The van der Waals surface area contributed by atoms with Crippen LogP contribution < -0.4 is 15.7 Å². The van der Waals surface area contributed by atoms with Gasteiger partial charge in [0.25, 0.3) is 5.56 Å². The molecule has 1 atom stereocenters. The van der Waals surface area contributed by atoms with Gasteiger partial charge in [-0.05, 0) is 54.1 Å². The Balaban J connectivity index is 1.41. The summed E-state index contributed by atoms with van der Waals surface area (Å²) in [7, 11) is 0. The summed E-state index contributed by atoms with van der Waals surface area (Å²) >= 11 is 1.48. The molecule has 0 saturated carbocycles. The molecule has 38 heavy (non-hydrogen) atoms. The molecule has 1 saturated heterocycles. The predicted octanol–water partition coefficient (Wildman–Crippen LogP) is 5.52. The summed E-state index contributed by atoms with van der Waals surface area (Å²) in [6, 6.07) is 30.6. The van der Waals surface area contributed by atoms with Gasteiger partial charge in [-0.3, -0.25) is 24.3 Å². The number of aromatic nitrogens is 2. The van der Waals surface area contributed by atoms with Crippen LogP contribution in [0.5, 0.6) is 0 Å². The lowest BCUT2D eigenvalue weighted by molar-refractivity contribution is -0.115. The van der Waals surface area contributed by atoms with Crippen molar-refractivity contribution in [2.45, 2.75) is 5.37 Å². The fourth-order valence-corrected chi connectivity index (χ4v) is 5.81. The third kappa shape index (κ3) is 4.22. The molecule has 9 heteroatoms. The summed E-state index contributed by atoms with van der Waals surface area (Å²) in [5.74, 6) is 0.803. The topological polar surface area (TPSA) is 102 Å². The minimum absolute atomic E-state index is 0.0426. The Morgan fingerprint density at radius 2 is 1.50 bits per heavy atom. The quantitative estimate of drug-likeness (QED) is 0.304. The van der Waals surface area contributed by atoms with Crippen LogP contribution >= 0.6 is 11.8 Å². The van der Waals surface area contributed by atoms with Gasteiger partial charge in [-0.25, -0.2) is 4.98 Å². The van der Waals surface area contributed by atoms with Crippen molar-refractivity contribution in [2.24, 2.45) is 0 Å². The Morgan fingerprint density at radius 3 is 2.21 bits per heavy atom. The standard InChI is InChI=1S/C29H21N4O4S/c34-26-18-38-29(20-10-12-23(13-11-20)33(36)37)31(26)21-14-16-22(17-15-21)32-27(19-6-2-1-3-7-19)30-25-9-5-4-8-24(25)28(32)35/h1-17,29,36H,18H2/q-1.